The Kier molecular flexibility index (Phi) is 4.64. The van der Waals surface area contributed by atoms with Crippen LogP contribution in [-0.4, -0.2) is 47.8 Å². The maximum absolute atomic E-state index is 12.6. The van der Waals surface area contributed by atoms with Gasteiger partial charge in [0.1, 0.15) is 13.2 Å². The van der Waals surface area contributed by atoms with Crippen molar-refractivity contribution in [3.8, 4) is 11.5 Å². The molecule has 1 heterocycles. The normalized spacial score (nSPS) is 14.0. The number of ether oxygens (including phenoxy) is 2. The zero-order valence-electron chi connectivity index (χ0n) is 12.5. The number of hydrogen-bond donors (Lipinski definition) is 1. The van der Waals surface area contributed by atoms with Crippen LogP contribution >= 0.6 is 11.6 Å². The highest BCUT2D eigenvalue weighted by Crippen LogP contribution is 2.38. The first kappa shape index (κ1) is 15.9. The molecule has 5 nitrogen and oxygen atoms in total. The molecule has 0 aromatic heterocycles. The van der Waals surface area contributed by atoms with Crippen LogP contribution in [0.15, 0.2) is 12.1 Å². The van der Waals surface area contributed by atoms with Crippen molar-refractivity contribution in [2.45, 2.75) is 26.4 Å². The van der Waals surface area contributed by atoms with E-state index in [0.717, 1.165) is 0 Å². The molecule has 1 aromatic rings. The molecular formula is C15H20ClNO4. The number of carbonyl (C=O) groups is 1. The third-order valence-corrected chi connectivity index (χ3v) is 3.37. The lowest BCUT2D eigenvalue weighted by Crippen LogP contribution is -2.42. The van der Waals surface area contributed by atoms with E-state index < -0.39 is 5.60 Å². The Hall–Kier alpha value is -1.46. The summed E-state index contributed by atoms with van der Waals surface area (Å²) in [4.78, 5) is 14.1. The van der Waals surface area contributed by atoms with Gasteiger partial charge in [0.05, 0.1) is 10.6 Å². The van der Waals surface area contributed by atoms with Crippen LogP contribution in [0, 0.1) is 0 Å². The molecule has 0 radical (unpaired) electrons. The lowest BCUT2D eigenvalue weighted by atomic mass is 10.1. The fraction of sp³-hybridized carbons (Fsp3) is 0.533. The fourth-order valence-electron chi connectivity index (χ4n) is 2.21. The van der Waals surface area contributed by atoms with Crippen LogP contribution in [0.5, 0.6) is 11.5 Å². The molecule has 1 aromatic carbocycles. The van der Waals surface area contributed by atoms with Crippen molar-refractivity contribution in [3.63, 3.8) is 0 Å². The van der Waals surface area contributed by atoms with E-state index in [2.05, 4.69) is 0 Å². The van der Waals surface area contributed by atoms with Crippen molar-refractivity contribution in [1.82, 2.24) is 4.90 Å². The average molecular weight is 314 g/mol. The number of nitrogens with zero attached hydrogens (tertiary/aromatic N) is 1. The minimum absolute atomic E-state index is 0.196. The van der Waals surface area contributed by atoms with Gasteiger partial charge in [-0.05, 0) is 32.9 Å². The second-order valence-electron chi connectivity index (χ2n) is 5.61. The molecule has 0 fully saturated rings. The largest absolute Gasteiger partial charge is 0.486 e. The molecule has 0 saturated carbocycles. The Balaban J connectivity index is 2.28. The highest BCUT2D eigenvalue weighted by Gasteiger charge is 2.25. The summed E-state index contributed by atoms with van der Waals surface area (Å²) >= 11 is 6.15. The highest BCUT2D eigenvalue weighted by atomic mass is 35.5. The number of benzene rings is 1. The van der Waals surface area contributed by atoms with Crippen molar-refractivity contribution >= 4 is 17.5 Å². The second-order valence-corrected chi connectivity index (χ2v) is 6.02. The third kappa shape index (κ3) is 3.80. The van der Waals surface area contributed by atoms with E-state index in [1.165, 1.54) is 0 Å². The van der Waals surface area contributed by atoms with Gasteiger partial charge in [-0.3, -0.25) is 4.79 Å². The van der Waals surface area contributed by atoms with Gasteiger partial charge >= 0.3 is 0 Å². The number of fused-ring (bicyclic) bond motifs is 1. The van der Waals surface area contributed by atoms with E-state index in [1.54, 1.807) is 30.9 Å². The summed E-state index contributed by atoms with van der Waals surface area (Å²) in [5, 5.41) is 10.3. The van der Waals surface area contributed by atoms with E-state index in [4.69, 9.17) is 21.1 Å². The smallest absolute Gasteiger partial charge is 0.254 e. The first-order valence-corrected chi connectivity index (χ1v) is 7.30. The lowest BCUT2D eigenvalue weighted by Gasteiger charge is -2.28. The van der Waals surface area contributed by atoms with Crippen molar-refractivity contribution < 1.29 is 19.4 Å². The fourth-order valence-corrected chi connectivity index (χ4v) is 2.48. The van der Waals surface area contributed by atoms with Gasteiger partial charge in [-0.2, -0.15) is 0 Å². The Morgan fingerprint density at radius 1 is 1.38 bits per heavy atom. The van der Waals surface area contributed by atoms with E-state index in [9.17, 15) is 9.90 Å². The number of aliphatic hydroxyl groups is 1. The Bertz CT molecular complexity index is 539. The Morgan fingerprint density at radius 3 is 2.67 bits per heavy atom. The van der Waals surface area contributed by atoms with Crippen molar-refractivity contribution in [2.75, 3.05) is 26.3 Å². The van der Waals surface area contributed by atoms with Gasteiger partial charge in [-0.1, -0.05) is 11.6 Å². The number of carbonyl (C=O) groups excluding carboxylic acids is 1. The van der Waals surface area contributed by atoms with Gasteiger partial charge in [0.15, 0.2) is 11.5 Å². The molecular weight excluding hydrogens is 294 g/mol. The summed E-state index contributed by atoms with van der Waals surface area (Å²) in [6, 6.07) is 3.21. The van der Waals surface area contributed by atoms with Crippen LogP contribution in [0.25, 0.3) is 0 Å². The molecule has 1 amide bonds. The molecule has 1 N–H and O–H groups in total. The van der Waals surface area contributed by atoms with Crippen LogP contribution in [-0.2, 0) is 0 Å². The predicted octanol–water partition coefficient (Wildman–Crippen LogP) is 2.34. The zero-order valence-corrected chi connectivity index (χ0v) is 13.2. The van der Waals surface area contributed by atoms with Gasteiger partial charge < -0.3 is 19.5 Å². The van der Waals surface area contributed by atoms with Crippen LogP contribution in [0.3, 0.4) is 0 Å². The molecule has 0 saturated heterocycles. The molecule has 116 valence electrons. The van der Waals surface area contributed by atoms with Crippen molar-refractivity contribution in [2.24, 2.45) is 0 Å². The summed E-state index contributed by atoms with van der Waals surface area (Å²) in [5.74, 6) is 0.764. The Morgan fingerprint density at radius 2 is 2.05 bits per heavy atom. The van der Waals surface area contributed by atoms with E-state index in [0.29, 0.717) is 41.8 Å². The molecule has 1 aliphatic heterocycles. The summed E-state index contributed by atoms with van der Waals surface area (Å²) in [7, 11) is 0. The van der Waals surface area contributed by atoms with Crippen LogP contribution in [0.1, 0.15) is 31.1 Å². The number of likely N-dealkylation sites (N-methyl/N-ethyl adjacent to an activating group) is 1. The van der Waals surface area contributed by atoms with Crippen LogP contribution < -0.4 is 9.47 Å². The first-order valence-electron chi connectivity index (χ1n) is 6.92. The SMILES string of the molecule is CCN(CC(C)(C)O)C(=O)c1cc(Cl)c2c(c1)OCCO2. The van der Waals surface area contributed by atoms with Gasteiger partial charge in [0.25, 0.3) is 5.91 Å². The number of hydrogen-bond acceptors (Lipinski definition) is 4. The topological polar surface area (TPSA) is 59.0 Å². The highest BCUT2D eigenvalue weighted by molar-refractivity contribution is 6.32. The quantitative estimate of drug-likeness (QED) is 0.927. The molecule has 2 rings (SSSR count). The molecule has 0 atom stereocenters. The molecule has 21 heavy (non-hydrogen) atoms. The third-order valence-electron chi connectivity index (χ3n) is 3.09. The van der Waals surface area contributed by atoms with E-state index >= 15 is 0 Å². The summed E-state index contributed by atoms with van der Waals surface area (Å²) in [5.41, 5.74) is -0.529. The number of rotatable bonds is 4. The average Bonchev–Trinajstić information content (AvgIpc) is 2.43. The second kappa shape index (κ2) is 6.12. The molecule has 0 unspecified atom stereocenters. The molecule has 0 aliphatic carbocycles. The predicted molar refractivity (Wildman–Crippen MR) is 80.3 cm³/mol. The monoisotopic (exact) mass is 313 g/mol. The molecule has 1 aliphatic rings. The van der Waals surface area contributed by atoms with Gasteiger partial charge in [0, 0.05) is 18.7 Å². The maximum Gasteiger partial charge on any atom is 0.254 e. The van der Waals surface area contributed by atoms with E-state index in [-0.39, 0.29) is 12.5 Å². The molecule has 0 bridgehead atoms. The van der Waals surface area contributed by atoms with Crippen molar-refractivity contribution in [1.29, 1.82) is 0 Å². The van der Waals surface area contributed by atoms with Crippen LogP contribution in [0.4, 0.5) is 0 Å². The van der Waals surface area contributed by atoms with Gasteiger partial charge in [-0.15, -0.1) is 0 Å². The molecule has 6 heteroatoms. The minimum atomic E-state index is -0.955. The molecule has 0 spiro atoms. The summed E-state index contributed by atoms with van der Waals surface area (Å²) < 4.78 is 10.9. The number of amides is 1. The van der Waals surface area contributed by atoms with Crippen LogP contribution in [0.2, 0.25) is 5.02 Å². The maximum atomic E-state index is 12.6. The van der Waals surface area contributed by atoms with Gasteiger partial charge in [-0.25, -0.2) is 0 Å². The minimum Gasteiger partial charge on any atom is -0.486 e. The summed E-state index contributed by atoms with van der Waals surface area (Å²) in [6.45, 7) is 6.81. The van der Waals surface area contributed by atoms with E-state index in [1.807, 2.05) is 6.92 Å². The Labute approximate surface area is 129 Å². The van der Waals surface area contributed by atoms with Crippen molar-refractivity contribution in [3.05, 3.63) is 22.7 Å². The number of halogens is 1. The lowest BCUT2D eigenvalue weighted by molar-refractivity contribution is 0.0314. The van der Waals surface area contributed by atoms with Gasteiger partial charge in [0.2, 0.25) is 0 Å². The summed E-state index contributed by atoms with van der Waals surface area (Å²) in [6.07, 6.45) is 0. The standard InChI is InChI=1S/C15H20ClNO4/c1-4-17(9-15(2,3)19)14(18)10-7-11(16)13-12(8-10)20-5-6-21-13/h7-8,19H,4-6,9H2,1-3H3. The first-order chi connectivity index (χ1) is 9.81. The zero-order chi connectivity index (χ0) is 15.6.